The van der Waals surface area contributed by atoms with E-state index in [9.17, 15) is 8.42 Å². The van der Waals surface area contributed by atoms with Crippen molar-refractivity contribution in [2.75, 3.05) is 0 Å². The standard InChI is InChI=1S/C8H8ClNO3S/c9-14(11,12)8-4-3-7(5-10-8)13-6-1-2-6/h3-6H,1-2H2. The van der Waals surface area contributed by atoms with Gasteiger partial charge in [-0.05, 0) is 25.0 Å². The minimum absolute atomic E-state index is 0.151. The maximum absolute atomic E-state index is 10.8. The molecule has 0 saturated heterocycles. The SMILES string of the molecule is O=S(=O)(Cl)c1ccc(OC2CC2)cn1. The normalized spacial score (nSPS) is 16.6. The maximum atomic E-state index is 10.8. The molecule has 0 spiro atoms. The number of rotatable bonds is 3. The maximum Gasteiger partial charge on any atom is 0.278 e. The zero-order chi connectivity index (χ0) is 10.2. The van der Waals surface area contributed by atoms with E-state index in [1.807, 2.05) is 0 Å². The van der Waals surface area contributed by atoms with Crippen LogP contribution in [0.25, 0.3) is 0 Å². The van der Waals surface area contributed by atoms with Gasteiger partial charge in [-0.25, -0.2) is 13.4 Å². The lowest BCUT2D eigenvalue weighted by atomic mass is 10.5. The van der Waals surface area contributed by atoms with E-state index in [4.69, 9.17) is 15.4 Å². The van der Waals surface area contributed by atoms with E-state index in [1.54, 1.807) is 6.07 Å². The molecule has 1 saturated carbocycles. The third-order valence-electron chi connectivity index (χ3n) is 1.79. The van der Waals surface area contributed by atoms with Gasteiger partial charge in [-0.3, -0.25) is 0 Å². The average Bonchev–Trinajstić information content (AvgIpc) is 2.88. The van der Waals surface area contributed by atoms with Crippen LogP contribution in [0.5, 0.6) is 5.75 Å². The lowest BCUT2D eigenvalue weighted by molar-refractivity contribution is 0.301. The van der Waals surface area contributed by atoms with E-state index >= 15 is 0 Å². The summed E-state index contributed by atoms with van der Waals surface area (Å²) in [5.74, 6) is 0.580. The highest BCUT2D eigenvalue weighted by Gasteiger charge is 2.23. The first-order valence-electron chi connectivity index (χ1n) is 4.13. The number of pyridine rings is 1. The molecule has 1 heterocycles. The summed E-state index contributed by atoms with van der Waals surface area (Å²) in [6.45, 7) is 0. The molecule has 2 rings (SSSR count). The molecule has 0 N–H and O–H groups in total. The van der Waals surface area contributed by atoms with Crippen LogP contribution in [0.2, 0.25) is 0 Å². The molecule has 0 amide bonds. The molecule has 4 nitrogen and oxygen atoms in total. The first-order chi connectivity index (χ1) is 6.55. The van der Waals surface area contributed by atoms with Crippen LogP contribution in [0.15, 0.2) is 23.4 Å². The Balaban J connectivity index is 2.16. The number of hydrogen-bond acceptors (Lipinski definition) is 4. The molecule has 14 heavy (non-hydrogen) atoms. The number of aromatic nitrogens is 1. The molecule has 1 aliphatic carbocycles. The molecule has 0 radical (unpaired) electrons. The quantitative estimate of drug-likeness (QED) is 0.744. The Morgan fingerprint density at radius 1 is 1.43 bits per heavy atom. The van der Waals surface area contributed by atoms with E-state index in [2.05, 4.69) is 4.98 Å². The van der Waals surface area contributed by atoms with Crippen molar-refractivity contribution in [1.29, 1.82) is 0 Å². The zero-order valence-corrected chi connectivity index (χ0v) is 8.75. The van der Waals surface area contributed by atoms with Gasteiger partial charge in [0.25, 0.3) is 9.05 Å². The van der Waals surface area contributed by atoms with Gasteiger partial charge in [-0.2, -0.15) is 0 Å². The van der Waals surface area contributed by atoms with Crippen LogP contribution in [0.3, 0.4) is 0 Å². The van der Waals surface area contributed by atoms with Crippen molar-refractivity contribution in [3.8, 4) is 5.75 Å². The van der Waals surface area contributed by atoms with Gasteiger partial charge in [0.1, 0.15) is 5.75 Å². The Kier molecular flexibility index (Phi) is 2.36. The zero-order valence-electron chi connectivity index (χ0n) is 7.18. The highest BCUT2D eigenvalue weighted by atomic mass is 35.7. The van der Waals surface area contributed by atoms with Gasteiger partial charge in [0.2, 0.25) is 0 Å². The second kappa shape index (κ2) is 3.40. The summed E-state index contributed by atoms with van der Waals surface area (Å²) in [4.78, 5) is 3.69. The fourth-order valence-corrected chi connectivity index (χ4v) is 1.64. The molecule has 0 aliphatic heterocycles. The summed E-state index contributed by atoms with van der Waals surface area (Å²) in [5, 5.41) is -0.151. The van der Waals surface area contributed by atoms with E-state index in [0.29, 0.717) is 5.75 Å². The molecule has 76 valence electrons. The summed E-state index contributed by atoms with van der Waals surface area (Å²) >= 11 is 0. The summed E-state index contributed by atoms with van der Waals surface area (Å²) < 4.78 is 27.1. The van der Waals surface area contributed by atoms with Crippen molar-refractivity contribution in [2.45, 2.75) is 24.0 Å². The van der Waals surface area contributed by atoms with Crippen LogP contribution < -0.4 is 4.74 Å². The summed E-state index contributed by atoms with van der Waals surface area (Å²) in [5.41, 5.74) is 0. The van der Waals surface area contributed by atoms with Crippen molar-refractivity contribution in [3.63, 3.8) is 0 Å². The molecule has 1 aromatic heterocycles. The molecule has 6 heteroatoms. The first kappa shape index (κ1) is 9.73. The van der Waals surface area contributed by atoms with Crippen LogP contribution in [0, 0.1) is 0 Å². The summed E-state index contributed by atoms with van der Waals surface area (Å²) in [6, 6.07) is 2.89. The molecule has 1 aliphatic rings. The number of nitrogens with zero attached hydrogens (tertiary/aromatic N) is 1. The topological polar surface area (TPSA) is 56.3 Å². The molecule has 0 bridgehead atoms. The van der Waals surface area contributed by atoms with Gasteiger partial charge >= 0.3 is 0 Å². The van der Waals surface area contributed by atoms with Crippen molar-refractivity contribution in [1.82, 2.24) is 4.98 Å². The Morgan fingerprint density at radius 3 is 2.57 bits per heavy atom. The van der Waals surface area contributed by atoms with Crippen LogP contribution in [-0.2, 0) is 9.05 Å². The predicted octanol–water partition coefficient (Wildman–Crippen LogP) is 1.55. The third-order valence-corrected chi connectivity index (χ3v) is 3.00. The average molecular weight is 234 g/mol. The van der Waals surface area contributed by atoms with Crippen LogP contribution >= 0.6 is 10.7 Å². The smallest absolute Gasteiger partial charge is 0.278 e. The molecular weight excluding hydrogens is 226 g/mol. The van der Waals surface area contributed by atoms with Crippen LogP contribution in [0.1, 0.15) is 12.8 Å². The third kappa shape index (κ3) is 2.36. The van der Waals surface area contributed by atoms with Crippen molar-refractivity contribution in [2.24, 2.45) is 0 Å². The van der Waals surface area contributed by atoms with Gasteiger partial charge in [0.05, 0.1) is 12.3 Å². The van der Waals surface area contributed by atoms with Gasteiger partial charge in [0, 0.05) is 10.7 Å². The fourth-order valence-electron chi connectivity index (χ4n) is 0.959. The minimum Gasteiger partial charge on any atom is -0.489 e. The van der Waals surface area contributed by atoms with Gasteiger partial charge in [-0.1, -0.05) is 0 Å². The van der Waals surface area contributed by atoms with Crippen LogP contribution in [-0.4, -0.2) is 19.5 Å². The van der Waals surface area contributed by atoms with Crippen molar-refractivity contribution < 1.29 is 13.2 Å². The Labute approximate surface area is 86.3 Å². The number of hydrogen-bond donors (Lipinski definition) is 0. The molecule has 0 atom stereocenters. The lowest BCUT2D eigenvalue weighted by Gasteiger charge is -2.02. The van der Waals surface area contributed by atoms with Crippen molar-refractivity contribution >= 4 is 19.7 Å². The van der Waals surface area contributed by atoms with E-state index in [-0.39, 0.29) is 11.1 Å². The first-order valence-corrected chi connectivity index (χ1v) is 6.44. The van der Waals surface area contributed by atoms with E-state index in [1.165, 1.54) is 12.3 Å². The van der Waals surface area contributed by atoms with E-state index < -0.39 is 9.05 Å². The minimum atomic E-state index is -3.73. The second-order valence-electron chi connectivity index (χ2n) is 3.09. The molecular formula is C8H8ClNO3S. The van der Waals surface area contributed by atoms with Crippen LogP contribution in [0.4, 0.5) is 0 Å². The lowest BCUT2D eigenvalue weighted by Crippen LogP contribution is -1.98. The molecule has 0 aromatic carbocycles. The summed E-state index contributed by atoms with van der Waals surface area (Å²) in [7, 11) is 1.37. The van der Waals surface area contributed by atoms with Gasteiger partial charge < -0.3 is 4.74 Å². The molecule has 0 unspecified atom stereocenters. The summed E-state index contributed by atoms with van der Waals surface area (Å²) in [6.07, 6.45) is 3.74. The fraction of sp³-hybridized carbons (Fsp3) is 0.375. The Morgan fingerprint density at radius 2 is 2.14 bits per heavy atom. The Hall–Kier alpha value is -0.810. The Bertz CT molecular complexity index is 424. The number of ether oxygens (including phenoxy) is 1. The predicted molar refractivity (Wildman–Crippen MR) is 50.9 cm³/mol. The van der Waals surface area contributed by atoms with E-state index in [0.717, 1.165) is 12.8 Å². The molecule has 1 aromatic rings. The largest absolute Gasteiger partial charge is 0.489 e. The number of halogens is 1. The monoisotopic (exact) mass is 233 g/mol. The highest BCUT2D eigenvalue weighted by Crippen LogP contribution is 2.26. The van der Waals surface area contributed by atoms with Gasteiger partial charge in [0.15, 0.2) is 5.03 Å². The second-order valence-corrected chi connectivity index (χ2v) is 5.60. The highest BCUT2D eigenvalue weighted by molar-refractivity contribution is 8.13. The van der Waals surface area contributed by atoms with Gasteiger partial charge in [-0.15, -0.1) is 0 Å². The van der Waals surface area contributed by atoms with Crippen molar-refractivity contribution in [3.05, 3.63) is 18.3 Å². The molecule has 1 fully saturated rings.